The topological polar surface area (TPSA) is 17.1 Å². The van der Waals surface area contributed by atoms with Gasteiger partial charge in [0, 0.05) is 12.8 Å². The Balaban J connectivity index is 1.85. The summed E-state index contributed by atoms with van der Waals surface area (Å²) in [5.41, 5.74) is 0.358. The lowest BCUT2D eigenvalue weighted by Crippen LogP contribution is -2.11. The van der Waals surface area contributed by atoms with Crippen LogP contribution in [0, 0.1) is 5.41 Å². The predicted octanol–water partition coefficient (Wildman–Crippen LogP) is 6.06. The third kappa shape index (κ3) is 7.74. The Kier molecular flexibility index (Phi) is 8.41. The third-order valence-corrected chi connectivity index (χ3v) is 4.77. The quantitative estimate of drug-likeness (QED) is 0.416. The zero-order chi connectivity index (χ0) is 14.0. The van der Waals surface area contributed by atoms with Crippen molar-refractivity contribution >= 4 is 5.78 Å². The van der Waals surface area contributed by atoms with Crippen molar-refractivity contribution in [3.8, 4) is 0 Å². The highest BCUT2D eigenvalue weighted by molar-refractivity contribution is 5.81. The fraction of sp³-hybridized carbons (Fsp3) is 0.944. The molecule has 1 fully saturated rings. The first-order valence-corrected chi connectivity index (χ1v) is 8.68. The Morgan fingerprint density at radius 1 is 0.895 bits per heavy atom. The molecule has 1 nitrogen and oxygen atoms in total. The predicted molar refractivity (Wildman–Crippen MR) is 83.4 cm³/mol. The maximum atomic E-state index is 11.3. The van der Waals surface area contributed by atoms with Gasteiger partial charge < -0.3 is 0 Å². The number of carbonyl (C=O) groups is 1. The first kappa shape index (κ1) is 16.7. The Labute approximate surface area is 120 Å². The largest absolute Gasteiger partial charge is 0.300 e. The summed E-state index contributed by atoms with van der Waals surface area (Å²) in [7, 11) is 0. The van der Waals surface area contributed by atoms with E-state index < -0.39 is 0 Å². The van der Waals surface area contributed by atoms with E-state index in [2.05, 4.69) is 13.8 Å². The molecule has 1 aliphatic carbocycles. The lowest BCUT2D eigenvalue weighted by Gasteiger charge is -2.22. The van der Waals surface area contributed by atoms with E-state index in [4.69, 9.17) is 0 Å². The Morgan fingerprint density at radius 2 is 1.42 bits per heavy atom. The summed E-state index contributed by atoms with van der Waals surface area (Å²) < 4.78 is 0. The smallest absolute Gasteiger partial charge is 0.133 e. The fourth-order valence-corrected chi connectivity index (χ4v) is 3.35. The van der Waals surface area contributed by atoms with Crippen molar-refractivity contribution in [2.45, 2.75) is 104 Å². The minimum atomic E-state index is 0.358. The van der Waals surface area contributed by atoms with E-state index in [1.807, 2.05) is 0 Å². The number of unbranched alkanes of at least 4 members (excludes halogenated alkanes) is 9. The molecular formula is C18H34O. The van der Waals surface area contributed by atoms with E-state index in [0.717, 1.165) is 19.3 Å². The van der Waals surface area contributed by atoms with E-state index in [-0.39, 0.29) is 0 Å². The van der Waals surface area contributed by atoms with Gasteiger partial charge in [-0.2, -0.15) is 0 Å². The van der Waals surface area contributed by atoms with E-state index in [0.29, 0.717) is 11.2 Å². The van der Waals surface area contributed by atoms with Gasteiger partial charge in [-0.25, -0.2) is 0 Å². The second-order valence-electron chi connectivity index (χ2n) is 6.96. The maximum absolute atomic E-state index is 11.3. The van der Waals surface area contributed by atoms with Gasteiger partial charge >= 0.3 is 0 Å². The van der Waals surface area contributed by atoms with Crippen LogP contribution in [0.3, 0.4) is 0 Å². The van der Waals surface area contributed by atoms with Crippen molar-refractivity contribution in [2.75, 3.05) is 0 Å². The summed E-state index contributed by atoms with van der Waals surface area (Å²) in [5, 5.41) is 0. The summed E-state index contributed by atoms with van der Waals surface area (Å²) in [6, 6.07) is 0. The second-order valence-corrected chi connectivity index (χ2v) is 6.96. The molecule has 0 radical (unpaired) electrons. The maximum Gasteiger partial charge on any atom is 0.133 e. The van der Waals surface area contributed by atoms with Crippen molar-refractivity contribution in [2.24, 2.45) is 5.41 Å². The molecule has 0 aliphatic heterocycles. The summed E-state index contributed by atoms with van der Waals surface area (Å²) in [6.45, 7) is 4.59. The lowest BCUT2D eigenvalue weighted by molar-refractivity contribution is -0.118. The van der Waals surface area contributed by atoms with Crippen LogP contribution >= 0.6 is 0 Å². The first-order valence-electron chi connectivity index (χ1n) is 8.68. The molecule has 0 spiro atoms. The van der Waals surface area contributed by atoms with Gasteiger partial charge in [0.05, 0.1) is 0 Å². The molecule has 0 aromatic heterocycles. The molecule has 0 N–H and O–H groups in total. The van der Waals surface area contributed by atoms with Gasteiger partial charge in [-0.15, -0.1) is 0 Å². The van der Waals surface area contributed by atoms with E-state index in [9.17, 15) is 4.79 Å². The van der Waals surface area contributed by atoms with Gasteiger partial charge in [-0.1, -0.05) is 78.1 Å². The van der Waals surface area contributed by atoms with Crippen LogP contribution in [-0.2, 0) is 4.79 Å². The number of carbonyl (C=O) groups excluding carboxylic acids is 1. The fourth-order valence-electron chi connectivity index (χ4n) is 3.35. The molecule has 1 rings (SSSR count). The molecule has 0 heterocycles. The SMILES string of the molecule is CCCCCCCCCCCCC1(C)CCC(=O)C1. The van der Waals surface area contributed by atoms with Gasteiger partial charge in [0.1, 0.15) is 5.78 Å². The Hall–Kier alpha value is -0.330. The summed E-state index contributed by atoms with van der Waals surface area (Å²) in [6.07, 6.45) is 18.1. The van der Waals surface area contributed by atoms with Crippen LogP contribution in [-0.4, -0.2) is 5.78 Å². The zero-order valence-electron chi connectivity index (χ0n) is 13.3. The highest BCUT2D eigenvalue weighted by Gasteiger charge is 2.32. The minimum absolute atomic E-state index is 0.358. The molecule has 1 heteroatoms. The van der Waals surface area contributed by atoms with Gasteiger partial charge in [0.2, 0.25) is 0 Å². The molecule has 1 atom stereocenters. The molecule has 0 aromatic carbocycles. The summed E-state index contributed by atoms with van der Waals surface area (Å²) in [5.74, 6) is 0.495. The van der Waals surface area contributed by atoms with E-state index in [1.54, 1.807) is 0 Å². The van der Waals surface area contributed by atoms with Crippen molar-refractivity contribution < 1.29 is 4.79 Å². The molecule has 0 aromatic rings. The highest BCUT2D eigenvalue weighted by atomic mass is 16.1. The van der Waals surface area contributed by atoms with Crippen molar-refractivity contribution in [1.82, 2.24) is 0 Å². The molecular weight excluding hydrogens is 232 g/mol. The van der Waals surface area contributed by atoms with Gasteiger partial charge in [0.15, 0.2) is 0 Å². The van der Waals surface area contributed by atoms with Crippen molar-refractivity contribution in [3.63, 3.8) is 0 Å². The van der Waals surface area contributed by atoms with Crippen LogP contribution < -0.4 is 0 Å². The standard InChI is InChI=1S/C18H34O/c1-3-4-5-6-7-8-9-10-11-12-14-18(2)15-13-17(19)16-18/h3-16H2,1-2H3. The molecule has 0 bridgehead atoms. The third-order valence-electron chi connectivity index (χ3n) is 4.77. The summed E-state index contributed by atoms with van der Waals surface area (Å²) >= 11 is 0. The van der Waals surface area contributed by atoms with Crippen molar-refractivity contribution in [3.05, 3.63) is 0 Å². The number of rotatable bonds is 11. The molecule has 1 saturated carbocycles. The first-order chi connectivity index (χ1) is 9.16. The molecule has 112 valence electrons. The van der Waals surface area contributed by atoms with Gasteiger partial charge in [0.25, 0.3) is 0 Å². The minimum Gasteiger partial charge on any atom is -0.300 e. The second kappa shape index (κ2) is 9.55. The number of Topliss-reactive ketones (excluding diaryl/α,β-unsaturated/α-hetero) is 1. The molecule has 1 unspecified atom stereocenters. The van der Waals surface area contributed by atoms with E-state index in [1.165, 1.54) is 70.6 Å². The van der Waals surface area contributed by atoms with Crippen LogP contribution in [0.2, 0.25) is 0 Å². The molecule has 1 aliphatic rings. The van der Waals surface area contributed by atoms with Crippen LogP contribution in [0.25, 0.3) is 0 Å². The lowest BCUT2D eigenvalue weighted by atomic mass is 9.83. The van der Waals surface area contributed by atoms with Crippen LogP contribution in [0.15, 0.2) is 0 Å². The zero-order valence-corrected chi connectivity index (χ0v) is 13.3. The van der Waals surface area contributed by atoms with Crippen molar-refractivity contribution in [1.29, 1.82) is 0 Å². The normalized spacial score (nSPS) is 23.2. The van der Waals surface area contributed by atoms with Crippen LogP contribution in [0.5, 0.6) is 0 Å². The molecule has 0 saturated heterocycles. The molecule has 0 amide bonds. The average Bonchev–Trinajstić information content (AvgIpc) is 2.72. The number of hydrogen-bond donors (Lipinski definition) is 0. The molecule has 19 heavy (non-hydrogen) atoms. The van der Waals surface area contributed by atoms with Gasteiger partial charge in [-0.3, -0.25) is 4.79 Å². The van der Waals surface area contributed by atoms with Crippen LogP contribution in [0.1, 0.15) is 104 Å². The monoisotopic (exact) mass is 266 g/mol. The summed E-state index contributed by atoms with van der Waals surface area (Å²) in [4.78, 5) is 11.3. The van der Waals surface area contributed by atoms with Crippen LogP contribution in [0.4, 0.5) is 0 Å². The van der Waals surface area contributed by atoms with Gasteiger partial charge in [-0.05, 0) is 18.3 Å². The number of ketones is 1. The Morgan fingerprint density at radius 3 is 1.89 bits per heavy atom. The number of hydrogen-bond acceptors (Lipinski definition) is 1. The Bertz CT molecular complexity index is 246. The average molecular weight is 266 g/mol. The highest BCUT2D eigenvalue weighted by Crippen LogP contribution is 2.39. The van der Waals surface area contributed by atoms with E-state index >= 15 is 0 Å².